The molecular weight excluding hydrogens is 308 g/mol. The summed E-state index contributed by atoms with van der Waals surface area (Å²) >= 11 is 5.90. The predicted molar refractivity (Wildman–Crippen MR) is 81.9 cm³/mol. The van der Waals surface area contributed by atoms with Crippen LogP contribution in [0.15, 0.2) is 12.3 Å². The van der Waals surface area contributed by atoms with Gasteiger partial charge in [-0.2, -0.15) is 0 Å². The molecule has 1 atom stereocenters. The number of nitrogens with zero attached hydrogens (tertiary/aromatic N) is 1. The Bertz CT molecular complexity index is 538. The number of esters is 1. The van der Waals surface area contributed by atoms with E-state index in [1.807, 2.05) is 0 Å². The molecule has 6 nitrogen and oxygen atoms in total. The molecule has 1 aromatic heterocycles. The van der Waals surface area contributed by atoms with Crippen LogP contribution < -0.4 is 5.32 Å². The lowest BCUT2D eigenvalue weighted by Gasteiger charge is -2.29. The second-order valence-electron chi connectivity index (χ2n) is 5.31. The first-order chi connectivity index (χ1) is 10.5. The van der Waals surface area contributed by atoms with Gasteiger partial charge in [-0.1, -0.05) is 11.6 Å². The highest BCUT2D eigenvalue weighted by atomic mass is 35.5. The summed E-state index contributed by atoms with van der Waals surface area (Å²) in [5.74, 6) is -0.713. The van der Waals surface area contributed by atoms with Crippen molar-refractivity contribution in [3.63, 3.8) is 0 Å². The number of rotatable bonds is 5. The van der Waals surface area contributed by atoms with Crippen LogP contribution in [0.4, 0.5) is 0 Å². The summed E-state index contributed by atoms with van der Waals surface area (Å²) in [6, 6.07) is 0.910. The van der Waals surface area contributed by atoms with E-state index in [0.717, 1.165) is 12.8 Å². The number of nitrogens with one attached hydrogen (secondary N) is 1. The third-order valence-electron chi connectivity index (χ3n) is 3.77. The number of aromatic nitrogens is 1. The van der Waals surface area contributed by atoms with Gasteiger partial charge in [0, 0.05) is 26.5 Å². The van der Waals surface area contributed by atoms with Gasteiger partial charge in [0.15, 0.2) is 0 Å². The van der Waals surface area contributed by atoms with E-state index in [1.165, 1.54) is 0 Å². The molecule has 0 unspecified atom stereocenters. The van der Waals surface area contributed by atoms with E-state index in [-0.39, 0.29) is 18.4 Å². The van der Waals surface area contributed by atoms with Gasteiger partial charge in [-0.05, 0) is 31.7 Å². The number of carbonyl (C=O) groups excluding carboxylic acids is 2. The molecule has 0 aliphatic carbocycles. The zero-order valence-electron chi connectivity index (χ0n) is 12.8. The first kappa shape index (κ1) is 16.8. The van der Waals surface area contributed by atoms with Gasteiger partial charge in [0.05, 0.1) is 11.6 Å². The van der Waals surface area contributed by atoms with Crippen molar-refractivity contribution >= 4 is 23.5 Å². The normalized spacial score (nSPS) is 17.0. The zero-order valence-corrected chi connectivity index (χ0v) is 13.6. The molecule has 1 N–H and O–H groups in total. The minimum atomic E-state index is -0.662. The number of amides is 1. The molecular formula is C15H21ClN2O4. The Labute approximate surface area is 134 Å². The standard InChI is InChI=1S/C15H21ClN2O4/c1-3-22-15(20)13(10-4-6-21-7-5-10)17-14(19)12-8-11(16)9-18(12)2/h8-10,13H,3-7H2,1-2H3,(H,17,19)/t13-/m1/s1. The number of halogens is 1. The monoisotopic (exact) mass is 328 g/mol. The van der Waals surface area contributed by atoms with Crippen molar-refractivity contribution in [3.8, 4) is 0 Å². The molecule has 0 radical (unpaired) electrons. The average molecular weight is 329 g/mol. The highest BCUT2D eigenvalue weighted by Gasteiger charge is 2.33. The van der Waals surface area contributed by atoms with Gasteiger partial charge in [-0.3, -0.25) is 4.79 Å². The Hall–Kier alpha value is -1.53. The molecule has 1 fully saturated rings. The maximum Gasteiger partial charge on any atom is 0.328 e. The van der Waals surface area contributed by atoms with E-state index in [2.05, 4.69) is 5.32 Å². The number of ether oxygens (including phenoxy) is 2. The smallest absolute Gasteiger partial charge is 0.328 e. The molecule has 22 heavy (non-hydrogen) atoms. The lowest BCUT2D eigenvalue weighted by Crippen LogP contribution is -2.48. The number of hydrogen-bond donors (Lipinski definition) is 1. The molecule has 0 bridgehead atoms. The van der Waals surface area contributed by atoms with Gasteiger partial charge in [0.25, 0.3) is 5.91 Å². The van der Waals surface area contributed by atoms with Gasteiger partial charge >= 0.3 is 5.97 Å². The predicted octanol–water partition coefficient (Wildman–Crippen LogP) is 1.77. The van der Waals surface area contributed by atoms with Crippen molar-refractivity contribution in [2.24, 2.45) is 13.0 Å². The Kier molecular flexibility index (Phi) is 5.85. The molecule has 1 saturated heterocycles. The summed E-state index contributed by atoms with van der Waals surface area (Å²) in [7, 11) is 1.73. The second-order valence-corrected chi connectivity index (χ2v) is 5.74. The van der Waals surface area contributed by atoms with Crippen LogP contribution in [0.1, 0.15) is 30.3 Å². The fourth-order valence-electron chi connectivity index (χ4n) is 2.62. The SMILES string of the molecule is CCOC(=O)[C@H](NC(=O)c1cc(Cl)cn1C)C1CCOCC1. The Morgan fingerprint density at radius 2 is 2.18 bits per heavy atom. The van der Waals surface area contributed by atoms with Crippen molar-refractivity contribution in [3.05, 3.63) is 23.0 Å². The summed E-state index contributed by atoms with van der Waals surface area (Å²) in [6.07, 6.45) is 3.08. The Balaban J connectivity index is 2.12. The first-order valence-corrected chi connectivity index (χ1v) is 7.77. The van der Waals surface area contributed by atoms with E-state index in [0.29, 0.717) is 23.9 Å². The van der Waals surface area contributed by atoms with E-state index < -0.39 is 12.0 Å². The van der Waals surface area contributed by atoms with Gasteiger partial charge in [-0.15, -0.1) is 0 Å². The van der Waals surface area contributed by atoms with Crippen LogP contribution in [0.3, 0.4) is 0 Å². The van der Waals surface area contributed by atoms with E-state index >= 15 is 0 Å². The van der Waals surface area contributed by atoms with Crippen LogP contribution >= 0.6 is 11.6 Å². The molecule has 1 aliphatic rings. The van der Waals surface area contributed by atoms with Crippen molar-refractivity contribution in [2.75, 3.05) is 19.8 Å². The second kappa shape index (κ2) is 7.65. The summed E-state index contributed by atoms with van der Waals surface area (Å²) in [5.41, 5.74) is 0.409. The molecule has 7 heteroatoms. The molecule has 0 aromatic carbocycles. The summed E-state index contributed by atoms with van der Waals surface area (Å²) in [4.78, 5) is 24.6. The van der Waals surface area contributed by atoms with E-state index in [1.54, 1.807) is 30.8 Å². The highest BCUT2D eigenvalue weighted by Crippen LogP contribution is 2.21. The van der Waals surface area contributed by atoms with Crippen LogP contribution in [0.25, 0.3) is 0 Å². The van der Waals surface area contributed by atoms with Crippen molar-refractivity contribution in [2.45, 2.75) is 25.8 Å². The minimum Gasteiger partial charge on any atom is -0.464 e. The van der Waals surface area contributed by atoms with Crippen LogP contribution in [0, 0.1) is 5.92 Å². The lowest BCUT2D eigenvalue weighted by molar-refractivity contribution is -0.147. The summed E-state index contributed by atoms with van der Waals surface area (Å²) < 4.78 is 12.0. The topological polar surface area (TPSA) is 69.6 Å². The highest BCUT2D eigenvalue weighted by molar-refractivity contribution is 6.31. The maximum absolute atomic E-state index is 12.4. The van der Waals surface area contributed by atoms with Gasteiger partial charge in [0.2, 0.25) is 0 Å². The first-order valence-electron chi connectivity index (χ1n) is 7.40. The van der Waals surface area contributed by atoms with Crippen LogP contribution in [0.5, 0.6) is 0 Å². The van der Waals surface area contributed by atoms with E-state index in [9.17, 15) is 9.59 Å². The lowest BCUT2D eigenvalue weighted by atomic mass is 9.91. The molecule has 0 saturated carbocycles. The van der Waals surface area contributed by atoms with Crippen molar-refractivity contribution in [1.29, 1.82) is 0 Å². The van der Waals surface area contributed by atoms with Crippen LogP contribution in [-0.2, 0) is 21.3 Å². The average Bonchev–Trinajstić information content (AvgIpc) is 2.84. The Morgan fingerprint density at radius 3 is 2.73 bits per heavy atom. The summed E-state index contributed by atoms with van der Waals surface area (Å²) in [6.45, 7) is 3.21. The fraction of sp³-hybridized carbons (Fsp3) is 0.600. The molecule has 2 rings (SSSR count). The molecule has 1 aliphatic heterocycles. The third kappa shape index (κ3) is 4.01. The summed E-state index contributed by atoms with van der Waals surface area (Å²) in [5, 5.41) is 3.27. The molecule has 122 valence electrons. The van der Waals surface area contributed by atoms with Gasteiger partial charge < -0.3 is 19.4 Å². The molecule has 1 amide bonds. The third-order valence-corrected chi connectivity index (χ3v) is 3.98. The minimum absolute atomic E-state index is 0.0208. The Morgan fingerprint density at radius 1 is 1.50 bits per heavy atom. The van der Waals surface area contributed by atoms with Crippen molar-refractivity contribution in [1.82, 2.24) is 9.88 Å². The van der Waals surface area contributed by atoms with Crippen LogP contribution in [0.2, 0.25) is 5.02 Å². The maximum atomic E-state index is 12.4. The van der Waals surface area contributed by atoms with Crippen molar-refractivity contribution < 1.29 is 19.1 Å². The van der Waals surface area contributed by atoms with Crippen LogP contribution in [-0.4, -0.2) is 42.3 Å². The van der Waals surface area contributed by atoms with E-state index in [4.69, 9.17) is 21.1 Å². The molecule has 0 spiro atoms. The fourth-order valence-corrected chi connectivity index (χ4v) is 2.87. The zero-order chi connectivity index (χ0) is 16.1. The van der Waals surface area contributed by atoms with Gasteiger partial charge in [-0.25, -0.2) is 4.79 Å². The quantitative estimate of drug-likeness (QED) is 0.836. The largest absolute Gasteiger partial charge is 0.464 e. The molecule has 1 aromatic rings. The number of hydrogen-bond acceptors (Lipinski definition) is 4. The number of aryl methyl sites for hydroxylation is 1. The van der Waals surface area contributed by atoms with Gasteiger partial charge in [0.1, 0.15) is 11.7 Å². The number of carbonyl (C=O) groups is 2. The molecule has 2 heterocycles.